The van der Waals surface area contributed by atoms with E-state index in [1.165, 1.54) is 43.2 Å². The summed E-state index contributed by atoms with van der Waals surface area (Å²) in [6, 6.07) is 6.22. The Morgan fingerprint density at radius 1 is 1.08 bits per heavy atom. The van der Waals surface area contributed by atoms with Gasteiger partial charge in [0.15, 0.2) is 5.82 Å². The molecule has 5 heteroatoms. The molecule has 1 fully saturated rings. The summed E-state index contributed by atoms with van der Waals surface area (Å²) >= 11 is 0. The van der Waals surface area contributed by atoms with Crippen molar-refractivity contribution in [3.63, 3.8) is 0 Å². The van der Waals surface area contributed by atoms with Gasteiger partial charge in [0.05, 0.1) is 0 Å². The Kier molecular flexibility index (Phi) is 5.07. The number of phenolic OH excluding ortho intramolecular Hbond substituents is 1. The first-order valence-electron chi connectivity index (χ1n) is 9.88. The standard InChI is InChI=1S/C21H28N4O/c1-14-9-10-18(19(26)12-14)20-16-7-3-2-4-8-17(16)21(25-24-20)23-15-6-5-11-22-13-15/h9-10,12,15,22,26H,2-8,11,13H2,1H3,(H,23,25)/t15-/m1/s1. The fraction of sp³-hybridized carbons (Fsp3) is 0.524. The Bertz CT molecular complexity index is 784. The number of piperidine rings is 1. The van der Waals surface area contributed by atoms with Gasteiger partial charge in [-0.1, -0.05) is 12.5 Å². The van der Waals surface area contributed by atoms with Crippen LogP contribution in [0.3, 0.4) is 0 Å². The smallest absolute Gasteiger partial charge is 0.152 e. The lowest BCUT2D eigenvalue weighted by Gasteiger charge is -2.26. The molecule has 138 valence electrons. The van der Waals surface area contributed by atoms with E-state index in [1.807, 2.05) is 19.1 Å². The van der Waals surface area contributed by atoms with Crippen molar-refractivity contribution < 1.29 is 5.11 Å². The second-order valence-electron chi connectivity index (χ2n) is 7.62. The van der Waals surface area contributed by atoms with E-state index in [-0.39, 0.29) is 0 Å². The summed E-state index contributed by atoms with van der Waals surface area (Å²) in [5.41, 5.74) is 5.27. The van der Waals surface area contributed by atoms with E-state index >= 15 is 0 Å². The summed E-state index contributed by atoms with van der Waals surface area (Å²) < 4.78 is 0. The molecule has 2 heterocycles. The fourth-order valence-corrected chi connectivity index (χ4v) is 4.17. The monoisotopic (exact) mass is 352 g/mol. The zero-order valence-corrected chi connectivity index (χ0v) is 15.5. The van der Waals surface area contributed by atoms with Crippen molar-refractivity contribution in [2.24, 2.45) is 0 Å². The second-order valence-corrected chi connectivity index (χ2v) is 7.62. The van der Waals surface area contributed by atoms with Crippen LogP contribution in [-0.2, 0) is 12.8 Å². The van der Waals surface area contributed by atoms with Gasteiger partial charge in [-0.3, -0.25) is 0 Å². The van der Waals surface area contributed by atoms with Crippen LogP contribution in [0.5, 0.6) is 5.75 Å². The molecule has 0 bridgehead atoms. The van der Waals surface area contributed by atoms with Crippen molar-refractivity contribution in [2.45, 2.75) is 57.9 Å². The van der Waals surface area contributed by atoms with Crippen LogP contribution in [0.25, 0.3) is 11.3 Å². The minimum atomic E-state index is 0.294. The average Bonchev–Trinajstić information content (AvgIpc) is 2.90. The number of fused-ring (bicyclic) bond motifs is 1. The number of anilines is 1. The molecule has 4 rings (SSSR count). The number of hydrogen-bond acceptors (Lipinski definition) is 5. The molecular weight excluding hydrogens is 324 g/mol. The molecule has 1 saturated heterocycles. The number of aromatic hydroxyl groups is 1. The predicted molar refractivity (Wildman–Crippen MR) is 105 cm³/mol. The normalized spacial score (nSPS) is 20.3. The molecule has 0 radical (unpaired) electrons. The van der Waals surface area contributed by atoms with Crippen LogP contribution in [0, 0.1) is 6.92 Å². The summed E-state index contributed by atoms with van der Waals surface area (Å²) in [6.07, 6.45) is 8.00. The van der Waals surface area contributed by atoms with Crippen LogP contribution < -0.4 is 10.6 Å². The molecule has 0 amide bonds. The second kappa shape index (κ2) is 7.62. The molecule has 2 aliphatic rings. The summed E-state index contributed by atoms with van der Waals surface area (Å²) in [6.45, 7) is 4.07. The highest BCUT2D eigenvalue weighted by Gasteiger charge is 2.23. The minimum Gasteiger partial charge on any atom is -0.507 e. The lowest BCUT2D eigenvalue weighted by atomic mass is 9.96. The maximum atomic E-state index is 10.5. The van der Waals surface area contributed by atoms with Crippen LogP contribution in [-0.4, -0.2) is 34.4 Å². The van der Waals surface area contributed by atoms with Gasteiger partial charge >= 0.3 is 0 Å². The Balaban J connectivity index is 1.74. The highest BCUT2D eigenvalue weighted by Crippen LogP contribution is 2.36. The van der Waals surface area contributed by atoms with Gasteiger partial charge in [-0.15, -0.1) is 10.2 Å². The van der Waals surface area contributed by atoms with Crippen LogP contribution >= 0.6 is 0 Å². The molecule has 1 atom stereocenters. The van der Waals surface area contributed by atoms with E-state index in [4.69, 9.17) is 0 Å². The number of aryl methyl sites for hydroxylation is 1. The van der Waals surface area contributed by atoms with Gasteiger partial charge in [-0.25, -0.2) is 0 Å². The third kappa shape index (κ3) is 3.54. The van der Waals surface area contributed by atoms with E-state index in [1.54, 1.807) is 6.07 Å². The Morgan fingerprint density at radius 3 is 2.69 bits per heavy atom. The molecule has 0 spiro atoms. The predicted octanol–water partition coefficient (Wildman–Crippen LogP) is 3.59. The van der Waals surface area contributed by atoms with Gasteiger partial charge in [0.25, 0.3) is 0 Å². The Morgan fingerprint density at radius 2 is 1.92 bits per heavy atom. The van der Waals surface area contributed by atoms with Gasteiger partial charge < -0.3 is 15.7 Å². The molecule has 0 unspecified atom stereocenters. The summed E-state index contributed by atoms with van der Waals surface area (Å²) in [5.74, 6) is 1.24. The maximum Gasteiger partial charge on any atom is 0.152 e. The maximum absolute atomic E-state index is 10.5. The fourth-order valence-electron chi connectivity index (χ4n) is 4.17. The van der Waals surface area contributed by atoms with E-state index < -0.39 is 0 Å². The van der Waals surface area contributed by atoms with Gasteiger partial charge in [0.2, 0.25) is 0 Å². The molecule has 0 saturated carbocycles. The lowest BCUT2D eigenvalue weighted by molar-refractivity contribution is 0.476. The molecule has 2 aromatic rings. The van der Waals surface area contributed by atoms with E-state index in [0.717, 1.165) is 48.6 Å². The summed E-state index contributed by atoms with van der Waals surface area (Å²) in [4.78, 5) is 0. The first-order chi connectivity index (χ1) is 12.7. The zero-order chi connectivity index (χ0) is 17.9. The molecule has 1 aliphatic carbocycles. The number of phenols is 1. The lowest BCUT2D eigenvalue weighted by Crippen LogP contribution is -2.39. The van der Waals surface area contributed by atoms with Crippen molar-refractivity contribution in [1.82, 2.24) is 15.5 Å². The van der Waals surface area contributed by atoms with E-state index in [2.05, 4.69) is 20.8 Å². The molecule has 5 nitrogen and oxygen atoms in total. The summed E-state index contributed by atoms with van der Waals surface area (Å²) in [5, 5.41) is 26.7. The molecule has 3 N–H and O–H groups in total. The zero-order valence-electron chi connectivity index (χ0n) is 15.5. The van der Waals surface area contributed by atoms with Crippen molar-refractivity contribution in [3.05, 3.63) is 34.9 Å². The van der Waals surface area contributed by atoms with Crippen molar-refractivity contribution in [3.8, 4) is 17.0 Å². The van der Waals surface area contributed by atoms with Crippen LogP contribution in [0.2, 0.25) is 0 Å². The van der Waals surface area contributed by atoms with Gasteiger partial charge in [0, 0.05) is 23.7 Å². The van der Waals surface area contributed by atoms with Crippen LogP contribution in [0.4, 0.5) is 5.82 Å². The molecule has 1 aromatic carbocycles. The largest absolute Gasteiger partial charge is 0.507 e. The molecule has 26 heavy (non-hydrogen) atoms. The number of aromatic nitrogens is 2. The number of hydrogen-bond donors (Lipinski definition) is 3. The quantitative estimate of drug-likeness (QED) is 0.737. The highest BCUT2D eigenvalue weighted by atomic mass is 16.3. The minimum absolute atomic E-state index is 0.294. The molecule has 1 aliphatic heterocycles. The van der Waals surface area contributed by atoms with Gasteiger partial charge in [-0.2, -0.15) is 0 Å². The average molecular weight is 352 g/mol. The first-order valence-corrected chi connectivity index (χ1v) is 9.88. The molecular formula is C21H28N4O. The van der Waals surface area contributed by atoms with E-state index in [9.17, 15) is 5.11 Å². The SMILES string of the molecule is Cc1ccc(-c2nnc(N[C@@H]3CCCNC3)c3c2CCCCC3)c(O)c1. The topological polar surface area (TPSA) is 70.1 Å². The van der Waals surface area contributed by atoms with Gasteiger partial charge in [0.1, 0.15) is 11.4 Å². The number of benzene rings is 1. The third-order valence-electron chi connectivity index (χ3n) is 5.59. The summed E-state index contributed by atoms with van der Waals surface area (Å²) in [7, 11) is 0. The van der Waals surface area contributed by atoms with Crippen molar-refractivity contribution in [2.75, 3.05) is 18.4 Å². The van der Waals surface area contributed by atoms with Gasteiger partial charge in [-0.05, 0) is 75.3 Å². The number of nitrogens with one attached hydrogen (secondary N) is 2. The third-order valence-corrected chi connectivity index (χ3v) is 5.59. The first kappa shape index (κ1) is 17.3. The highest BCUT2D eigenvalue weighted by molar-refractivity contribution is 5.72. The Hall–Kier alpha value is -2.14. The van der Waals surface area contributed by atoms with E-state index in [0.29, 0.717) is 11.8 Å². The molecule has 1 aromatic heterocycles. The number of rotatable bonds is 3. The number of nitrogens with zero attached hydrogens (tertiary/aromatic N) is 2. The van der Waals surface area contributed by atoms with Crippen LogP contribution in [0.15, 0.2) is 18.2 Å². The van der Waals surface area contributed by atoms with Crippen molar-refractivity contribution in [1.29, 1.82) is 0 Å². The van der Waals surface area contributed by atoms with Crippen LogP contribution in [0.1, 0.15) is 48.8 Å². The Labute approximate surface area is 155 Å². The van der Waals surface area contributed by atoms with Crippen molar-refractivity contribution >= 4 is 5.82 Å².